The van der Waals surface area contributed by atoms with Gasteiger partial charge in [-0.05, 0) is 23.6 Å². The molecule has 2 heterocycles. The number of carbonyl (C=O) groups excluding carboxylic acids is 1. The topological polar surface area (TPSA) is 42.0 Å². The minimum Gasteiger partial charge on any atom is -0.351 e. The molecular weight excluding hydrogens is 315 g/mol. The molecule has 0 radical (unpaired) electrons. The zero-order valence-electron chi connectivity index (χ0n) is 11.1. The number of pyridine rings is 1. The maximum absolute atomic E-state index is 12.1. The van der Waals surface area contributed by atoms with Crippen LogP contribution < -0.4 is 5.32 Å². The molecular formula is C14H14Cl2N2OS. The van der Waals surface area contributed by atoms with Crippen molar-refractivity contribution in [3.8, 4) is 0 Å². The second-order valence-electron chi connectivity index (χ2n) is 5.05. The Labute approximate surface area is 131 Å². The van der Waals surface area contributed by atoms with E-state index in [4.69, 9.17) is 23.2 Å². The molecule has 0 atom stereocenters. The van der Waals surface area contributed by atoms with Gasteiger partial charge in [-0.15, -0.1) is 11.3 Å². The average molecular weight is 329 g/mol. The first-order valence-corrected chi connectivity index (χ1v) is 7.67. The van der Waals surface area contributed by atoms with Crippen molar-refractivity contribution in [2.45, 2.75) is 19.3 Å². The van der Waals surface area contributed by atoms with Crippen LogP contribution in [0, 0.1) is 0 Å². The molecule has 0 aliphatic heterocycles. The molecule has 2 rings (SSSR count). The largest absolute Gasteiger partial charge is 0.351 e. The molecule has 106 valence electrons. The van der Waals surface area contributed by atoms with Crippen molar-refractivity contribution in [2.75, 3.05) is 6.54 Å². The summed E-state index contributed by atoms with van der Waals surface area (Å²) in [5, 5.41) is 5.35. The highest BCUT2D eigenvalue weighted by atomic mass is 35.5. The van der Waals surface area contributed by atoms with Crippen LogP contribution in [0.25, 0.3) is 0 Å². The maximum atomic E-state index is 12.1. The molecule has 0 aromatic carbocycles. The number of nitrogens with one attached hydrogen (secondary N) is 1. The second kappa shape index (κ2) is 6.12. The molecule has 1 amide bonds. The predicted octanol–water partition coefficient (Wildman–Crippen LogP) is 4.16. The van der Waals surface area contributed by atoms with E-state index in [1.807, 2.05) is 11.4 Å². The number of halogens is 2. The number of carbonyl (C=O) groups is 1. The molecule has 0 spiro atoms. The molecule has 0 bridgehead atoms. The van der Waals surface area contributed by atoms with Crippen LogP contribution in [0.15, 0.2) is 29.6 Å². The Bertz CT molecular complexity index is 591. The lowest BCUT2D eigenvalue weighted by molar-refractivity contribution is 0.0946. The Morgan fingerprint density at radius 2 is 2.00 bits per heavy atom. The van der Waals surface area contributed by atoms with Crippen molar-refractivity contribution < 1.29 is 4.79 Å². The molecule has 2 aromatic rings. The van der Waals surface area contributed by atoms with Crippen LogP contribution in [0.1, 0.15) is 29.1 Å². The Morgan fingerprint density at radius 1 is 1.35 bits per heavy atom. The van der Waals surface area contributed by atoms with Gasteiger partial charge in [-0.1, -0.05) is 43.1 Å². The Kier molecular flexibility index (Phi) is 4.68. The fourth-order valence-corrected chi connectivity index (χ4v) is 3.06. The second-order valence-corrected chi connectivity index (χ2v) is 6.77. The van der Waals surface area contributed by atoms with E-state index in [-0.39, 0.29) is 21.6 Å². The number of thiophene rings is 1. The summed E-state index contributed by atoms with van der Waals surface area (Å²) in [6.45, 7) is 4.71. The monoisotopic (exact) mass is 328 g/mol. The summed E-state index contributed by atoms with van der Waals surface area (Å²) in [4.78, 5) is 17.2. The quantitative estimate of drug-likeness (QED) is 0.856. The van der Waals surface area contributed by atoms with Crippen molar-refractivity contribution in [3.05, 3.63) is 50.4 Å². The van der Waals surface area contributed by atoms with Crippen LogP contribution in [-0.4, -0.2) is 17.4 Å². The number of rotatable bonds is 4. The van der Waals surface area contributed by atoms with Gasteiger partial charge < -0.3 is 5.32 Å². The van der Waals surface area contributed by atoms with Crippen molar-refractivity contribution in [1.82, 2.24) is 10.3 Å². The molecule has 0 saturated carbocycles. The van der Waals surface area contributed by atoms with Crippen LogP contribution >= 0.6 is 34.5 Å². The lowest BCUT2D eigenvalue weighted by Gasteiger charge is -2.23. The highest BCUT2D eigenvalue weighted by molar-refractivity contribution is 7.10. The molecule has 0 aliphatic carbocycles. The molecule has 0 fully saturated rings. The standard InChI is InChI=1S/C14H14Cl2N2OS/c1-14(2,10-4-3-5-20-10)8-17-13(19)9-6-11(15)18-12(16)7-9/h3-7H,8H2,1-2H3,(H,17,19). The summed E-state index contributed by atoms with van der Waals surface area (Å²) in [5.41, 5.74) is 0.293. The van der Waals surface area contributed by atoms with Crippen LogP contribution in [0.5, 0.6) is 0 Å². The van der Waals surface area contributed by atoms with E-state index in [1.54, 1.807) is 11.3 Å². The first kappa shape index (κ1) is 15.3. The Balaban J connectivity index is 2.05. The van der Waals surface area contributed by atoms with Gasteiger partial charge in [0.15, 0.2) is 0 Å². The fraction of sp³-hybridized carbons (Fsp3) is 0.286. The number of amides is 1. The van der Waals surface area contributed by atoms with Gasteiger partial charge in [0.1, 0.15) is 10.3 Å². The van der Waals surface area contributed by atoms with Gasteiger partial charge in [-0.25, -0.2) is 4.98 Å². The molecule has 0 unspecified atom stereocenters. The van der Waals surface area contributed by atoms with Gasteiger partial charge >= 0.3 is 0 Å². The highest BCUT2D eigenvalue weighted by Gasteiger charge is 2.22. The van der Waals surface area contributed by atoms with E-state index in [1.165, 1.54) is 17.0 Å². The van der Waals surface area contributed by atoms with Gasteiger partial charge in [0, 0.05) is 22.4 Å². The molecule has 20 heavy (non-hydrogen) atoms. The first-order valence-electron chi connectivity index (χ1n) is 6.04. The lowest BCUT2D eigenvalue weighted by Crippen LogP contribution is -2.36. The predicted molar refractivity (Wildman–Crippen MR) is 83.9 cm³/mol. The van der Waals surface area contributed by atoms with E-state index in [2.05, 4.69) is 30.2 Å². The zero-order valence-corrected chi connectivity index (χ0v) is 13.4. The Hall–Kier alpha value is -1.10. The molecule has 0 saturated heterocycles. The zero-order chi connectivity index (χ0) is 14.8. The van der Waals surface area contributed by atoms with Crippen molar-refractivity contribution >= 4 is 40.4 Å². The summed E-state index contributed by atoms with van der Waals surface area (Å²) in [5.74, 6) is -0.208. The van der Waals surface area contributed by atoms with Gasteiger partial charge in [0.25, 0.3) is 5.91 Å². The highest BCUT2D eigenvalue weighted by Crippen LogP contribution is 2.26. The molecule has 3 nitrogen and oxygen atoms in total. The summed E-state index contributed by atoms with van der Waals surface area (Å²) in [7, 11) is 0. The van der Waals surface area contributed by atoms with Gasteiger partial charge in [0.05, 0.1) is 0 Å². The maximum Gasteiger partial charge on any atom is 0.251 e. The van der Waals surface area contributed by atoms with Gasteiger partial charge in [-0.2, -0.15) is 0 Å². The molecule has 6 heteroatoms. The molecule has 1 N–H and O–H groups in total. The minimum atomic E-state index is -0.208. The third-order valence-corrected chi connectivity index (χ3v) is 4.53. The third kappa shape index (κ3) is 3.72. The van der Waals surface area contributed by atoms with Crippen molar-refractivity contribution in [2.24, 2.45) is 0 Å². The third-order valence-electron chi connectivity index (χ3n) is 2.90. The molecule has 0 aliphatic rings. The van der Waals surface area contributed by atoms with Gasteiger partial charge in [-0.3, -0.25) is 4.79 Å². The summed E-state index contributed by atoms with van der Waals surface area (Å²) in [6, 6.07) is 7.07. The van der Waals surface area contributed by atoms with Gasteiger partial charge in [0.2, 0.25) is 0 Å². The van der Waals surface area contributed by atoms with E-state index < -0.39 is 0 Å². The molecule has 2 aromatic heterocycles. The first-order chi connectivity index (χ1) is 9.38. The smallest absolute Gasteiger partial charge is 0.251 e. The number of hydrogen-bond acceptors (Lipinski definition) is 3. The number of nitrogens with zero attached hydrogens (tertiary/aromatic N) is 1. The summed E-state index contributed by atoms with van der Waals surface area (Å²) >= 11 is 13.3. The van der Waals surface area contributed by atoms with Crippen molar-refractivity contribution in [1.29, 1.82) is 0 Å². The van der Waals surface area contributed by atoms with Crippen molar-refractivity contribution in [3.63, 3.8) is 0 Å². The van der Waals surface area contributed by atoms with E-state index >= 15 is 0 Å². The normalized spacial score (nSPS) is 11.4. The van der Waals surface area contributed by atoms with Crippen LogP contribution in [-0.2, 0) is 5.41 Å². The summed E-state index contributed by atoms with van der Waals surface area (Å²) in [6.07, 6.45) is 0. The van der Waals surface area contributed by atoms with Crippen LogP contribution in [0.4, 0.5) is 0 Å². The minimum absolute atomic E-state index is 0.121. The Morgan fingerprint density at radius 3 is 2.55 bits per heavy atom. The SMILES string of the molecule is CC(C)(CNC(=O)c1cc(Cl)nc(Cl)c1)c1cccs1. The number of aromatic nitrogens is 1. The van der Waals surface area contributed by atoms with Crippen LogP contribution in [0.3, 0.4) is 0 Å². The van der Waals surface area contributed by atoms with E-state index in [9.17, 15) is 4.79 Å². The number of hydrogen-bond donors (Lipinski definition) is 1. The average Bonchev–Trinajstić information content (AvgIpc) is 2.89. The fourth-order valence-electron chi connectivity index (χ4n) is 1.75. The lowest BCUT2D eigenvalue weighted by atomic mass is 9.91. The van der Waals surface area contributed by atoms with E-state index in [0.29, 0.717) is 12.1 Å². The van der Waals surface area contributed by atoms with Crippen LogP contribution in [0.2, 0.25) is 10.3 Å². The van der Waals surface area contributed by atoms with E-state index in [0.717, 1.165) is 0 Å². The summed E-state index contributed by atoms with van der Waals surface area (Å²) < 4.78 is 0.